The second kappa shape index (κ2) is 3.36. The minimum Gasteiger partial charge on any atom is -0.297 e. The lowest BCUT2D eigenvalue weighted by Gasteiger charge is -2.05. The maximum absolute atomic E-state index is 4.33. The molecule has 4 aromatic heterocycles. The SMILES string of the molecule is c1cn2nccc(-c3cncc4nccn34)c2n1. The molecule has 0 bridgehead atoms. The number of hydrogen-bond donors (Lipinski definition) is 0. The third-order valence-corrected chi connectivity index (χ3v) is 2.89. The maximum Gasteiger partial charge on any atom is 0.162 e. The normalized spacial score (nSPS) is 11.3. The van der Waals surface area contributed by atoms with Crippen molar-refractivity contribution in [2.24, 2.45) is 0 Å². The molecule has 4 heterocycles. The largest absolute Gasteiger partial charge is 0.297 e. The first-order chi connectivity index (χ1) is 8.93. The molecule has 6 heteroatoms. The second-order valence-electron chi connectivity index (χ2n) is 3.89. The molecule has 0 spiro atoms. The minimum atomic E-state index is 0.806. The molecular weight excluding hydrogens is 228 g/mol. The first kappa shape index (κ1) is 9.29. The van der Waals surface area contributed by atoms with Crippen LogP contribution in [0.4, 0.5) is 0 Å². The Bertz CT molecular complexity index is 772. The van der Waals surface area contributed by atoms with Crippen molar-refractivity contribution in [3.8, 4) is 11.3 Å². The summed E-state index contributed by atoms with van der Waals surface area (Å²) in [6.07, 6.45) is 12.5. The first-order valence-corrected chi connectivity index (χ1v) is 5.49. The van der Waals surface area contributed by atoms with Crippen LogP contribution in [0.25, 0.3) is 22.6 Å². The topological polar surface area (TPSA) is 60.4 Å². The van der Waals surface area contributed by atoms with Crippen molar-refractivity contribution in [1.29, 1.82) is 0 Å². The highest BCUT2D eigenvalue weighted by Crippen LogP contribution is 2.22. The van der Waals surface area contributed by atoms with E-state index in [0.717, 1.165) is 22.6 Å². The highest BCUT2D eigenvalue weighted by atomic mass is 15.2. The molecule has 0 unspecified atom stereocenters. The molecule has 4 aromatic rings. The van der Waals surface area contributed by atoms with E-state index in [1.807, 2.05) is 22.9 Å². The fraction of sp³-hybridized carbons (Fsp3) is 0. The van der Waals surface area contributed by atoms with Crippen LogP contribution in [-0.4, -0.2) is 29.0 Å². The molecule has 0 aromatic carbocycles. The quantitative estimate of drug-likeness (QED) is 0.501. The van der Waals surface area contributed by atoms with Crippen LogP contribution in [0.5, 0.6) is 0 Å². The van der Waals surface area contributed by atoms with Crippen LogP contribution in [-0.2, 0) is 0 Å². The van der Waals surface area contributed by atoms with Crippen molar-refractivity contribution in [3.63, 3.8) is 0 Å². The molecule has 4 rings (SSSR count). The molecule has 6 nitrogen and oxygen atoms in total. The summed E-state index contributed by atoms with van der Waals surface area (Å²) < 4.78 is 3.72. The molecule has 18 heavy (non-hydrogen) atoms. The molecule has 0 aliphatic carbocycles. The van der Waals surface area contributed by atoms with Gasteiger partial charge in [-0.1, -0.05) is 0 Å². The van der Waals surface area contributed by atoms with Gasteiger partial charge in [0.2, 0.25) is 0 Å². The number of rotatable bonds is 1. The maximum atomic E-state index is 4.33. The summed E-state index contributed by atoms with van der Waals surface area (Å²) in [4.78, 5) is 12.8. The molecule has 0 atom stereocenters. The highest BCUT2D eigenvalue weighted by molar-refractivity contribution is 5.75. The van der Waals surface area contributed by atoms with Gasteiger partial charge in [0, 0.05) is 36.5 Å². The first-order valence-electron chi connectivity index (χ1n) is 5.49. The summed E-state index contributed by atoms with van der Waals surface area (Å²) in [6, 6.07) is 1.93. The highest BCUT2D eigenvalue weighted by Gasteiger charge is 2.09. The van der Waals surface area contributed by atoms with E-state index in [1.54, 1.807) is 35.5 Å². The lowest BCUT2D eigenvalue weighted by atomic mass is 10.2. The number of aromatic nitrogens is 6. The average Bonchev–Trinajstić information content (AvgIpc) is 3.06. The smallest absolute Gasteiger partial charge is 0.162 e. The molecule has 0 N–H and O–H groups in total. The van der Waals surface area contributed by atoms with Gasteiger partial charge in [-0.2, -0.15) is 5.10 Å². The van der Waals surface area contributed by atoms with Gasteiger partial charge in [0.25, 0.3) is 0 Å². The number of fused-ring (bicyclic) bond motifs is 2. The van der Waals surface area contributed by atoms with E-state index in [0.29, 0.717) is 0 Å². The fourth-order valence-electron chi connectivity index (χ4n) is 2.09. The average molecular weight is 236 g/mol. The van der Waals surface area contributed by atoms with E-state index < -0.39 is 0 Å². The minimum absolute atomic E-state index is 0.806. The summed E-state index contributed by atoms with van der Waals surface area (Å²) in [7, 11) is 0. The van der Waals surface area contributed by atoms with E-state index in [-0.39, 0.29) is 0 Å². The number of nitrogens with zero attached hydrogens (tertiary/aromatic N) is 6. The van der Waals surface area contributed by atoms with Gasteiger partial charge in [0.05, 0.1) is 18.1 Å². The standard InChI is InChI=1S/C12H8N6/c1-2-16-18-6-4-15-12(18)9(1)10-7-13-8-11-14-3-5-17(10)11/h1-8H. The van der Waals surface area contributed by atoms with E-state index in [2.05, 4.69) is 20.1 Å². The van der Waals surface area contributed by atoms with Gasteiger partial charge in [-0.25, -0.2) is 14.5 Å². The molecule has 86 valence electrons. The van der Waals surface area contributed by atoms with E-state index in [1.165, 1.54) is 0 Å². The van der Waals surface area contributed by atoms with Crippen LogP contribution in [0, 0.1) is 0 Å². The van der Waals surface area contributed by atoms with Gasteiger partial charge >= 0.3 is 0 Å². The van der Waals surface area contributed by atoms with E-state index in [9.17, 15) is 0 Å². The van der Waals surface area contributed by atoms with Gasteiger partial charge in [-0.15, -0.1) is 0 Å². The predicted octanol–water partition coefficient (Wildman–Crippen LogP) is 1.44. The third-order valence-electron chi connectivity index (χ3n) is 2.89. The molecular formula is C12H8N6. The van der Waals surface area contributed by atoms with Crippen molar-refractivity contribution in [1.82, 2.24) is 29.0 Å². The van der Waals surface area contributed by atoms with Crippen molar-refractivity contribution in [2.75, 3.05) is 0 Å². The number of imidazole rings is 2. The summed E-state index contributed by atoms with van der Waals surface area (Å²) in [5, 5.41) is 4.20. The molecule has 0 amide bonds. The Hall–Kier alpha value is -2.76. The Morgan fingerprint density at radius 2 is 1.89 bits per heavy atom. The van der Waals surface area contributed by atoms with Crippen molar-refractivity contribution >= 4 is 11.3 Å². The Kier molecular flexibility index (Phi) is 1.74. The van der Waals surface area contributed by atoms with Gasteiger partial charge in [-0.05, 0) is 6.07 Å². The Morgan fingerprint density at radius 1 is 0.944 bits per heavy atom. The molecule has 0 aliphatic heterocycles. The van der Waals surface area contributed by atoms with Gasteiger partial charge < -0.3 is 0 Å². The second-order valence-corrected chi connectivity index (χ2v) is 3.89. The Balaban J connectivity index is 2.13. The molecule has 0 aliphatic rings. The van der Waals surface area contributed by atoms with Crippen LogP contribution in [0.2, 0.25) is 0 Å². The van der Waals surface area contributed by atoms with Crippen LogP contribution >= 0.6 is 0 Å². The zero-order valence-corrected chi connectivity index (χ0v) is 9.30. The predicted molar refractivity (Wildman–Crippen MR) is 65.0 cm³/mol. The van der Waals surface area contributed by atoms with Crippen molar-refractivity contribution < 1.29 is 0 Å². The van der Waals surface area contributed by atoms with Crippen molar-refractivity contribution in [2.45, 2.75) is 0 Å². The fourth-order valence-corrected chi connectivity index (χ4v) is 2.09. The van der Waals surface area contributed by atoms with Gasteiger partial charge in [-0.3, -0.25) is 9.38 Å². The lowest BCUT2D eigenvalue weighted by molar-refractivity contribution is 0.935. The van der Waals surface area contributed by atoms with Crippen molar-refractivity contribution in [3.05, 3.63) is 49.4 Å². The van der Waals surface area contributed by atoms with Gasteiger partial charge in [0.15, 0.2) is 11.3 Å². The molecule has 0 radical (unpaired) electrons. The third kappa shape index (κ3) is 1.17. The molecule has 0 saturated heterocycles. The zero-order chi connectivity index (χ0) is 11.9. The summed E-state index contributed by atoms with van der Waals surface area (Å²) in [5.74, 6) is 0. The Morgan fingerprint density at radius 3 is 2.89 bits per heavy atom. The zero-order valence-electron chi connectivity index (χ0n) is 9.30. The monoisotopic (exact) mass is 236 g/mol. The van der Waals surface area contributed by atoms with Crippen LogP contribution in [0.3, 0.4) is 0 Å². The van der Waals surface area contributed by atoms with Gasteiger partial charge in [0.1, 0.15) is 0 Å². The molecule has 0 fully saturated rings. The lowest BCUT2D eigenvalue weighted by Crippen LogP contribution is -1.97. The van der Waals surface area contributed by atoms with Crippen LogP contribution in [0.15, 0.2) is 49.4 Å². The van der Waals surface area contributed by atoms with E-state index in [4.69, 9.17) is 0 Å². The summed E-state index contributed by atoms with van der Waals surface area (Å²) in [5.41, 5.74) is 3.55. The summed E-state index contributed by atoms with van der Waals surface area (Å²) >= 11 is 0. The van der Waals surface area contributed by atoms with E-state index >= 15 is 0 Å². The molecule has 0 saturated carbocycles. The van der Waals surface area contributed by atoms with Crippen LogP contribution < -0.4 is 0 Å². The summed E-state index contributed by atoms with van der Waals surface area (Å²) in [6.45, 7) is 0. The van der Waals surface area contributed by atoms with Crippen LogP contribution in [0.1, 0.15) is 0 Å². The Labute approximate surface area is 102 Å². The number of hydrogen-bond acceptors (Lipinski definition) is 4.